The number of methoxy groups -OCH3 is 2. The minimum Gasteiger partial charge on any atom is -0.493 e. The van der Waals surface area contributed by atoms with Gasteiger partial charge >= 0.3 is 0 Å². The highest BCUT2D eigenvalue weighted by Gasteiger charge is 2.34. The third-order valence-corrected chi connectivity index (χ3v) is 5.46. The summed E-state index contributed by atoms with van der Waals surface area (Å²) in [6.07, 6.45) is 3.79. The van der Waals surface area contributed by atoms with Gasteiger partial charge in [0.1, 0.15) is 0 Å². The number of amides is 1. The van der Waals surface area contributed by atoms with Crippen molar-refractivity contribution in [2.24, 2.45) is 0 Å². The molecule has 1 aromatic rings. The second-order valence-corrected chi connectivity index (χ2v) is 8.08. The molecule has 1 saturated carbocycles. The fraction of sp³-hybridized carbons (Fsp3) is 0.588. The molecule has 140 valence electrons. The summed E-state index contributed by atoms with van der Waals surface area (Å²) in [5.74, 6) is 1.17. The zero-order valence-corrected chi connectivity index (χ0v) is 15.8. The first kappa shape index (κ1) is 19.5. The molecule has 1 aromatic carbocycles. The van der Waals surface area contributed by atoms with Crippen molar-refractivity contribution in [3.63, 3.8) is 0 Å². The smallest absolute Gasteiger partial charge is 0.221 e. The van der Waals surface area contributed by atoms with Gasteiger partial charge in [-0.25, -0.2) is 8.42 Å². The van der Waals surface area contributed by atoms with Gasteiger partial charge in [-0.1, -0.05) is 6.07 Å². The average molecular weight is 370 g/mol. The second-order valence-electron chi connectivity index (χ2n) is 6.14. The first-order valence-corrected chi connectivity index (χ1v) is 10.1. The van der Waals surface area contributed by atoms with E-state index in [0.29, 0.717) is 24.5 Å². The molecule has 0 bridgehead atoms. The van der Waals surface area contributed by atoms with Crippen LogP contribution in [-0.2, 0) is 21.2 Å². The van der Waals surface area contributed by atoms with Crippen molar-refractivity contribution >= 4 is 15.9 Å². The van der Waals surface area contributed by atoms with Crippen molar-refractivity contribution in [2.75, 3.05) is 33.6 Å². The monoisotopic (exact) mass is 370 g/mol. The molecule has 1 N–H and O–H groups in total. The molecule has 0 unspecified atom stereocenters. The van der Waals surface area contributed by atoms with Gasteiger partial charge < -0.3 is 14.8 Å². The summed E-state index contributed by atoms with van der Waals surface area (Å²) in [5.41, 5.74) is 1.02. The number of benzene rings is 1. The van der Waals surface area contributed by atoms with E-state index in [1.807, 2.05) is 18.2 Å². The average Bonchev–Trinajstić information content (AvgIpc) is 3.38. The molecule has 0 saturated heterocycles. The molecule has 0 radical (unpaired) electrons. The molecule has 2 rings (SSSR count). The second kappa shape index (κ2) is 8.53. The van der Waals surface area contributed by atoms with Gasteiger partial charge in [0.05, 0.1) is 20.5 Å². The van der Waals surface area contributed by atoms with Crippen LogP contribution in [0.15, 0.2) is 18.2 Å². The Morgan fingerprint density at radius 2 is 1.92 bits per heavy atom. The van der Waals surface area contributed by atoms with Crippen LogP contribution in [0.5, 0.6) is 11.5 Å². The van der Waals surface area contributed by atoms with Crippen LogP contribution in [0.25, 0.3) is 0 Å². The van der Waals surface area contributed by atoms with E-state index in [1.54, 1.807) is 14.2 Å². The van der Waals surface area contributed by atoms with Gasteiger partial charge in [-0.05, 0) is 37.0 Å². The van der Waals surface area contributed by atoms with Crippen molar-refractivity contribution < 1.29 is 22.7 Å². The molecule has 0 heterocycles. The third kappa shape index (κ3) is 5.89. The summed E-state index contributed by atoms with van der Waals surface area (Å²) in [6.45, 7) is 0.725. The zero-order valence-electron chi connectivity index (χ0n) is 14.9. The molecule has 1 amide bonds. The van der Waals surface area contributed by atoms with Crippen molar-refractivity contribution in [2.45, 2.75) is 31.7 Å². The zero-order chi connectivity index (χ0) is 18.4. The fourth-order valence-electron chi connectivity index (χ4n) is 2.66. The Hall–Kier alpha value is -1.80. The van der Waals surface area contributed by atoms with Crippen LogP contribution >= 0.6 is 0 Å². The highest BCUT2D eigenvalue weighted by atomic mass is 32.2. The van der Waals surface area contributed by atoms with E-state index >= 15 is 0 Å². The minimum absolute atomic E-state index is 0.0783. The third-order valence-electron chi connectivity index (χ3n) is 4.12. The fourth-order valence-corrected chi connectivity index (χ4v) is 3.84. The van der Waals surface area contributed by atoms with Crippen LogP contribution in [0.1, 0.15) is 24.8 Å². The van der Waals surface area contributed by atoms with Gasteiger partial charge in [0.25, 0.3) is 0 Å². The van der Waals surface area contributed by atoms with Gasteiger partial charge in [0.15, 0.2) is 11.5 Å². The normalized spacial score (nSPS) is 14.4. The van der Waals surface area contributed by atoms with Crippen molar-refractivity contribution in [1.29, 1.82) is 0 Å². The van der Waals surface area contributed by atoms with E-state index in [4.69, 9.17) is 9.47 Å². The Morgan fingerprint density at radius 1 is 1.24 bits per heavy atom. The maximum Gasteiger partial charge on any atom is 0.221 e. The highest BCUT2D eigenvalue weighted by molar-refractivity contribution is 7.88. The lowest BCUT2D eigenvalue weighted by Gasteiger charge is -2.18. The highest BCUT2D eigenvalue weighted by Crippen LogP contribution is 2.29. The summed E-state index contributed by atoms with van der Waals surface area (Å²) < 4.78 is 35.3. The van der Waals surface area contributed by atoms with E-state index in [2.05, 4.69) is 5.32 Å². The first-order chi connectivity index (χ1) is 11.8. The lowest BCUT2D eigenvalue weighted by molar-refractivity contribution is -0.121. The standard InChI is InChI=1S/C17H26N2O5S/c1-23-15-7-4-13(12-16(15)24-2)8-10-18-17(20)9-11-19(14-5-6-14)25(3,21)22/h4,7,12,14H,5-6,8-11H2,1-3H3,(H,18,20). The molecule has 0 spiro atoms. The molecule has 1 fully saturated rings. The number of ether oxygens (including phenoxy) is 2. The molecule has 1 aliphatic carbocycles. The summed E-state index contributed by atoms with van der Waals surface area (Å²) in [5, 5.41) is 2.83. The summed E-state index contributed by atoms with van der Waals surface area (Å²) in [6, 6.07) is 5.71. The first-order valence-electron chi connectivity index (χ1n) is 8.29. The number of nitrogens with zero attached hydrogens (tertiary/aromatic N) is 1. The summed E-state index contributed by atoms with van der Waals surface area (Å²) >= 11 is 0. The Morgan fingerprint density at radius 3 is 2.48 bits per heavy atom. The van der Waals surface area contributed by atoms with Crippen LogP contribution in [0.3, 0.4) is 0 Å². The van der Waals surface area contributed by atoms with E-state index in [9.17, 15) is 13.2 Å². The quantitative estimate of drug-likeness (QED) is 0.668. The summed E-state index contributed by atoms with van der Waals surface area (Å²) in [4.78, 5) is 12.0. The van der Waals surface area contributed by atoms with Crippen LogP contribution in [0.2, 0.25) is 0 Å². The van der Waals surface area contributed by atoms with Gasteiger partial charge in [-0.3, -0.25) is 4.79 Å². The molecular weight excluding hydrogens is 344 g/mol. The van der Waals surface area contributed by atoms with Gasteiger partial charge in [0.2, 0.25) is 15.9 Å². The van der Waals surface area contributed by atoms with Crippen LogP contribution in [0, 0.1) is 0 Å². The summed E-state index contributed by atoms with van der Waals surface area (Å²) in [7, 11) is -0.0849. The Balaban J connectivity index is 1.77. The lowest BCUT2D eigenvalue weighted by Crippen LogP contribution is -2.36. The van der Waals surface area contributed by atoms with Crippen molar-refractivity contribution in [3.8, 4) is 11.5 Å². The largest absolute Gasteiger partial charge is 0.493 e. The van der Waals surface area contributed by atoms with E-state index in [0.717, 1.165) is 18.4 Å². The SMILES string of the molecule is COc1ccc(CCNC(=O)CCN(C2CC2)S(C)(=O)=O)cc1OC. The predicted octanol–water partition coefficient (Wildman–Crippen LogP) is 1.18. The van der Waals surface area contributed by atoms with Gasteiger partial charge in [0, 0.05) is 25.6 Å². The van der Waals surface area contributed by atoms with E-state index in [1.165, 1.54) is 10.6 Å². The lowest BCUT2D eigenvalue weighted by atomic mass is 10.1. The van der Waals surface area contributed by atoms with E-state index < -0.39 is 10.0 Å². The van der Waals surface area contributed by atoms with Gasteiger partial charge in [-0.15, -0.1) is 0 Å². The predicted molar refractivity (Wildman–Crippen MR) is 95.4 cm³/mol. The Kier molecular flexibility index (Phi) is 6.66. The van der Waals surface area contributed by atoms with Crippen molar-refractivity contribution in [1.82, 2.24) is 9.62 Å². The number of hydrogen-bond donors (Lipinski definition) is 1. The Labute approximate surface area is 149 Å². The van der Waals surface area contributed by atoms with Crippen LogP contribution in [0.4, 0.5) is 0 Å². The molecular formula is C17H26N2O5S. The van der Waals surface area contributed by atoms with E-state index in [-0.39, 0.29) is 24.9 Å². The molecule has 8 heteroatoms. The van der Waals surface area contributed by atoms with Crippen LogP contribution < -0.4 is 14.8 Å². The number of rotatable bonds is 10. The minimum atomic E-state index is -3.25. The number of carbonyl (C=O) groups excluding carboxylic acids is 1. The maximum absolute atomic E-state index is 12.0. The molecule has 0 aromatic heterocycles. The molecule has 25 heavy (non-hydrogen) atoms. The maximum atomic E-state index is 12.0. The number of nitrogens with one attached hydrogen (secondary N) is 1. The number of hydrogen-bond acceptors (Lipinski definition) is 5. The Bertz CT molecular complexity index is 701. The molecule has 1 aliphatic rings. The van der Waals surface area contributed by atoms with Crippen LogP contribution in [-0.4, -0.2) is 58.2 Å². The number of carbonyl (C=O) groups is 1. The molecule has 0 atom stereocenters. The molecule has 7 nitrogen and oxygen atoms in total. The van der Waals surface area contributed by atoms with Gasteiger partial charge in [-0.2, -0.15) is 4.31 Å². The number of sulfonamides is 1. The molecule has 0 aliphatic heterocycles. The topological polar surface area (TPSA) is 84.9 Å². The van der Waals surface area contributed by atoms with Crippen molar-refractivity contribution in [3.05, 3.63) is 23.8 Å².